The molecule has 0 aromatic heterocycles. The summed E-state index contributed by atoms with van der Waals surface area (Å²) in [6.07, 6.45) is -84.1. The number of hydrogen-bond acceptors (Lipinski definition) is 44. The number of aliphatic carboxylic acids is 1. The molecule has 0 bridgehead atoms. The standard InChI is InChI=1S/C45H84N2O48P4/c46-1-3-79-97(73,74)94-17(10-52)33-24(61)26(63)37(90-42-36(25(62)23(60)30(84-42)12(53)6-48)89-39-27(64)21(58)19(56)16(9-51)82-39)43(86-33)88-35-29(66)41(85-31(13(54)7-49)38(35)91-40-28(65)22(59)20(57)18(83-40)11-81-96(70,71)72)87-34-15(93-99(77,78)95-98(75,76)80-4-2-47)5-45(69,44(67)68)92-32(34)14(55)8-50/h12-43,48-66,69H,1-11,46-47H2,(H,67,68)(H,73,74)(H,75,76)(H,77,78)(H2,70,71,72)/t12-,13-,14+,15+,16+,17-,18+,19+,20+,21-,22-,23-,24-,25-,26-,27+,28+,29-,30+,31+,32+,33+,34+,35+,36-,37-,38+,39-,40-,41+,42+,43+,45+/m0/s1. The fourth-order valence-corrected chi connectivity index (χ4v) is 14.3. The van der Waals surface area contributed by atoms with E-state index in [4.69, 9.17) is 77.1 Å². The molecule has 3 unspecified atom stereocenters. The largest absolute Gasteiger partial charge is 0.481 e. The zero-order valence-electron chi connectivity index (χ0n) is 50.8. The lowest BCUT2D eigenvalue weighted by Gasteiger charge is -2.52. The number of phosphoric ester groups is 4. The van der Waals surface area contributed by atoms with E-state index in [-0.39, 0.29) is 0 Å². The van der Waals surface area contributed by atoms with E-state index in [1.807, 2.05) is 0 Å². The minimum Gasteiger partial charge on any atom is -0.477 e. The fraction of sp³-hybridized carbons (Fsp3) is 0.978. The molecule has 6 aliphatic heterocycles. The Morgan fingerprint density at radius 3 is 1.40 bits per heavy atom. The van der Waals surface area contributed by atoms with E-state index < -0.39 is 312 Å². The van der Waals surface area contributed by atoms with Gasteiger partial charge in [-0.05, 0) is 0 Å². The van der Waals surface area contributed by atoms with Crippen molar-refractivity contribution in [2.75, 3.05) is 65.9 Å². The average Bonchev–Trinajstić information content (AvgIpc) is 0.761. The molecule has 0 spiro atoms. The van der Waals surface area contributed by atoms with Crippen LogP contribution in [-0.4, -0.2) is 406 Å². The number of rotatable bonds is 35. The van der Waals surface area contributed by atoms with Crippen molar-refractivity contribution in [1.29, 1.82) is 0 Å². The first-order valence-electron chi connectivity index (χ1n) is 29.3. The molecule has 0 aromatic carbocycles. The molecule has 54 heteroatoms. The van der Waals surface area contributed by atoms with E-state index in [9.17, 15) is 155 Å². The molecular weight excluding hydrogens is 1460 g/mol. The van der Waals surface area contributed by atoms with Crippen molar-refractivity contribution in [2.24, 2.45) is 11.5 Å². The number of nitrogens with two attached hydrogens (primary N) is 2. The van der Waals surface area contributed by atoms with Crippen molar-refractivity contribution >= 4 is 37.3 Å². The number of phosphoric acid groups is 4. The molecule has 30 N–H and O–H groups in total. The number of hydrogen-bond donors (Lipinski definition) is 28. The molecule has 0 saturated carbocycles. The van der Waals surface area contributed by atoms with Crippen LogP contribution < -0.4 is 11.5 Å². The Morgan fingerprint density at radius 1 is 0.465 bits per heavy atom. The van der Waals surface area contributed by atoms with Crippen LogP contribution in [0.1, 0.15) is 6.42 Å². The van der Waals surface area contributed by atoms with E-state index in [2.05, 4.69) is 13.4 Å². The molecule has 0 radical (unpaired) electrons. The number of aliphatic hydroxyl groups excluding tert-OH is 19. The maximum atomic E-state index is 13.6. The van der Waals surface area contributed by atoms with Gasteiger partial charge in [-0.15, -0.1) is 0 Å². The van der Waals surface area contributed by atoms with Gasteiger partial charge in [-0.25, -0.2) is 23.1 Å². The van der Waals surface area contributed by atoms with E-state index in [0.717, 1.165) is 0 Å². The van der Waals surface area contributed by atoms with Crippen molar-refractivity contribution in [3.63, 3.8) is 0 Å². The molecule has 0 amide bonds. The zero-order valence-corrected chi connectivity index (χ0v) is 54.4. The van der Waals surface area contributed by atoms with Crippen LogP contribution in [0.2, 0.25) is 0 Å². The predicted octanol–water partition coefficient (Wildman–Crippen LogP) is -15.7. The van der Waals surface area contributed by atoms with Crippen molar-refractivity contribution in [3.05, 3.63) is 0 Å². The van der Waals surface area contributed by atoms with Crippen LogP contribution in [-0.2, 0) is 102 Å². The first kappa shape index (κ1) is 86.5. The van der Waals surface area contributed by atoms with Crippen molar-refractivity contribution in [3.8, 4) is 0 Å². The van der Waals surface area contributed by atoms with Gasteiger partial charge < -0.3 is 195 Å². The van der Waals surface area contributed by atoms with Crippen LogP contribution in [0.4, 0.5) is 0 Å². The van der Waals surface area contributed by atoms with Gasteiger partial charge in [0.25, 0.3) is 5.79 Å². The molecule has 6 saturated heterocycles. The van der Waals surface area contributed by atoms with Gasteiger partial charge in [0.15, 0.2) is 31.5 Å². The minimum absolute atomic E-state index is 0.471. The molecule has 36 atom stereocenters. The molecule has 6 rings (SSSR count). The summed E-state index contributed by atoms with van der Waals surface area (Å²) in [5.41, 5.74) is 10.6. The lowest BCUT2D eigenvalue weighted by atomic mass is 9.91. The topological polar surface area (TPSA) is 820 Å². The van der Waals surface area contributed by atoms with E-state index in [1.165, 1.54) is 0 Å². The molecule has 6 fully saturated rings. The highest BCUT2D eigenvalue weighted by Gasteiger charge is 2.63. The van der Waals surface area contributed by atoms with E-state index >= 15 is 0 Å². The van der Waals surface area contributed by atoms with Gasteiger partial charge in [-0.3, -0.25) is 22.6 Å². The number of aliphatic hydroxyl groups is 20. The van der Waals surface area contributed by atoms with Crippen molar-refractivity contribution < 1.29 is 234 Å². The Bertz CT molecular complexity index is 2720. The minimum atomic E-state index is -6.32. The summed E-state index contributed by atoms with van der Waals surface area (Å²) in [7, 11) is -23.1. The monoisotopic (exact) mass is 1540 g/mol. The van der Waals surface area contributed by atoms with Crippen molar-refractivity contribution in [1.82, 2.24) is 0 Å². The van der Waals surface area contributed by atoms with Crippen LogP contribution >= 0.6 is 31.3 Å². The van der Waals surface area contributed by atoms with Gasteiger partial charge in [0.2, 0.25) is 0 Å². The summed E-state index contributed by atoms with van der Waals surface area (Å²) >= 11 is 0. The summed E-state index contributed by atoms with van der Waals surface area (Å²) in [4.78, 5) is 63.2. The first-order chi connectivity index (χ1) is 46.1. The maximum absolute atomic E-state index is 13.6. The highest BCUT2D eigenvalue weighted by molar-refractivity contribution is 7.61. The summed E-state index contributed by atoms with van der Waals surface area (Å²) in [5, 5.41) is 232. The lowest BCUT2D eigenvalue weighted by Crippen LogP contribution is -2.71. The Morgan fingerprint density at radius 2 is 0.899 bits per heavy atom. The SMILES string of the molecule is NCCOP(=O)(O)O[C@@H](CO)[C@H]1O[C@H](O[C@@H]2[C@H](O)[C@@H](O[C@H]3[C@@H]([C@H](O)CO)O[C@@](O)(C(=O)O)C[C@H]3OP(=O)(O)OP(=O)(O)OCCN)O[C@H]([C@@H](O)CO)[C@H]2O[C@@H]2O[C@H](COP(=O)(O)O)[C@@H](O)[C@H](O)[C@H]2O)[C@@H](O[C@H]2O[C@H]([C@@H](O)CO)[C@@H](O)[C@H](O)[C@@H]2O[C@@H]2O[C@H](CO)[C@@H](O)[C@H](O)[C@H]2O)[C@@H](O)[C@@H]1O. The Balaban J connectivity index is 1.58. The highest BCUT2D eigenvalue weighted by Crippen LogP contribution is 2.62. The molecular formula is C45H84N2O48P4. The van der Waals surface area contributed by atoms with E-state index in [1.54, 1.807) is 0 Å². The fourth-order valence-electron chi connectivity index (χ4n) is 10.8. The zero-order chi connectivity index (χ0) is 74.4. The highest BCUT2D eigenvalue weighted by atomic mass is 31.3. The third-order valence-electron chi connectivity index (χ3n) is 15.7. The van der Waals surface area contributed by atoms with Crippen LogP contribution in [0.15, 0.2) is 0 Å². The third-order valence-corrected chi connectivity index (χ3v) is 19.9. The Hall–Kier alpha value is -1.37. The number of ether oxygens (including phenoxy) is 11. The summed E-state index contributed by atoms with van der Waals surface area (Å²) in [5.74, 6) is -6.14. The molecule has 6 aliphatic rings. The predicted molar refractivity (Wildman–Crippen MR) is 298 cm³/mol. The summed E-state index contributed by atoms with van der Waals surface area (Å²) in [6, 6.07) is 0. The molecule has 50 nitrogen and oxygen atoms in total. The second-order valence-corrected chi connectivity index (χ2v) is 28.3. The normalized spacial score (nSPS) is 43.4. The van der Waals surface area contributed by atoms with Crippen LogP contribution in [0.3, 0.4) is 0 Å². The smallest absolute Gasteiger partial charge is 0.477 e. The third kappa shape index (κ3) is 21.5. The molecule has 6 heterocycles. The number of carboxylic acid groups (broad SMARTS) is 1. The number of carbonyl (C=O) groups is 1. The van der Waals surface area contributed by atoms with Crippen LogP contribution in [0, 0.1) is 0 Å². The van der Waals surface area contributed by atoms with Gasteiger partial charge in [0.05, 0.1) is 52.9 Å². The van der Waals surface area contributed by atoms with Gasteiger partial charge in [-0.2, -0.15) is 4.31 Å². The quantitative estimate of drug-likeness (QED) is 0.0262. The summed E-state index contributed by atoms with van der Waals surface area (Å²) in [6.45, 7) is -11.2. The van der Waals surface area contributed by atoms with E-state index in [0.29, 0.717) is 0 Å². The molecule has 0 aromatic rings. The van der Waals surface area contributed by atoms with Gasteiger partial charge >= 0.3 is 37.3 Å². The second kappa shape index (κ2) is 36.5. The Kier molecular flexibility index (Phi) is 31.9. The lowest BCUT2D eigenvalue weighted by molar-refractivity contribution is -0.419. The molecule has 582 valence electrons. The van der Waals surface area contributed by atoms with Gasteiger partial charge in [0, 0.05) is 19.5 Å². The first-order valence-corrected chi connectivity index (χ1v) is 35.3. The van der Waals surface area contributed by atoms with Gasteiger partial charge in [-0.1, -0.05) is 0 Å². The second-order valence-electron chi connectivity index (χ2n) is 22.7. The van der Waals surface area contributed by atoms with Gasteiger partial charge in [0.1, 0.15) is 165 Å². The molecule has 99 heavy (non-hydrogen) atoms. The van der Waals surface area contributed by atoms with Crippen molar-refractivity contribution in [2.45, 2.75) is 208 Å². The number of carboxylic acids is 1. The van der Waals surface area contributed by atoms with Crippen LogP contribution in [0.25, 0.3) is 0 Å². The Labute approximate surface area is 555 Å². The summed E-state index contributed by atoms with van der Waals surface area (Å²) < 4.78 is 143. The van der Waals surface area contributed by atoms with Crippen LogP contribution in [0.5, 0.6) is 0 Å². The maximum Gasteiger partial charge on any atom is 0.481 e. The molecule has 0 aliphatic carbocycles. The average molecular weight is 1550 g/mol.